The SMILES string of the molecule is Cc1c(C(=O)OCC(=O)c2ccc3c(c2)NC(=O)CO3)oc2ccc(Cl)cc12. The number of nitrogens with one attached hydrogen (secondary N) is 1. The minimum Gasteiger partial charge on any atom is -0.482 e. The molecule has 0 atom stereocenters. The Kier molecular flexibility index (Phi) is 4.52. The summed E-state index contributed by atoms with van der Waals surface area (Å²) in [5.74, 6) is -0.967. The van der Waals surface area contributed by atoms with Gasteiger partial charge in [-0.3, -0.25) is 9.59 Å². The number of furan rings is 1. The number of anilines is 1. The van der Waals surface area contributed by atoms with E-state index in [2.05, 4.69) is 5.32 Å². The molecule has 0 spiro atoms. The number of Topliss-reactive ketones (excluding diaryl/α,β-unsaturated/α-hetero) is 1. The van der Waals surface area contributed by atoms with E-state index in [-0.39, 0.29) is 23.8 Å². The number of carbonyl (C=O) groups excluding carboxylic acids is 3. The van der Waals surface area contributed by atoms with Crippen molar-refractivity contribution in [2.45, 2.75) is 6.92 Å². The van der Waals surface area contributed by atoms with E-state index in [0.29, 0.717) is 33.0 Å². The summed E-state index contributed by atoms with van der Waals surface area (Å²) in [4.78, 5) is 36.1. The lowest BCUT2D eigenvalue weighted by atomic mass is 10.1. The number of hydrogen-bond donors (Lipinski definition) is 1. The summed E-state index contributed by atoms with van der Waals surface area (Å²) in [5, 5.41) is 3.85. The van der Waals surface area contributed by atoms with Gasteiger partial charge in [-0.15, -0.1) is 0 Å². The minimum absolute atomic E-state index is 0.0242. The summed E-state index contributed by atoms with van der Waals surface area (Å²) >= 11 is 5.97. The first kappa shape index (κ1) is 18.1. The van der Waals surface area contributed by atoms with E-state index < -0.39 is 18.4 Å². The first-order chi connectivity index (χ1) is 13.4. The molecular weight excluding hydrogens is 386 g/mol. The van der Waals surface area contributed by atoms with Crippen LogP contribution >= 0.6 is 11.6 Å². The quantitative estimate of drug-likeness (QED) is 0.530. The van der Waals surface area contributed by atoms with Gasteiger partial charge in [0, 0.05) is 21.5 Å². The lowest BCUT2D eigenvalue weighted by molar-refractivity contribution is -0.118. The monoisotopic (exact) mass is 399 g/mol. The van der Waals surface area contributed by atoms with E-state index in [1.54, 1.807) is 37.3 Å². The van der Waals surface area contributed by atoms with Gasteiger partial charge in [-0.1, -0.05) is 11.6 Å². The molecule has 2 heterocycles. The van der Waals surface area contributed by atoms with Gasteiger partial charge in [0.05, 0.1) is 5.69 Å². The third kappa shape index (κ3) is 3.32. The number of fused-ring (bicyclic) bond motifs is 2. The molecule has 1 amide bonds. The van der Waals surface area contributed by atoms with E-state index in [1.165, 1.54) is 6.07 Å². The second-order valence-electron chi connectivity index (χ2n) is 6.24. The normalized spacial score (nSPS) is 12.9. The largest absolute Gasteiger partial charge is 0.482 e. The molecular formula is C20H14ClNO6. The van der Waals surface area contributed by atoms with Crippen molar-refractivity contribution in [3.05, 3.63) is 58.3 Å². The zero-order valence-electron chi connectivity index (χ0n) is 14.7. The maximum atomic E-state index is 12.4. The van der Waals surface area contributed by atoms with Crippen LogP contribution in [0.3, 0.4) is 0 Å². The highest BCUT2D eigenvalue weighted by atomic mass is 35.5. The van der Waals surface area contributed by atoms with Crippen LogP contribution < -0.4 is 10.1 Å². The van der Waals surface area contributed by atoms with Crippen LogP contribution in [0.4, 0.5) is 5.69 Å². The highest BCUT2D eigenvalue weighted by molar-refractivity contribution is 6.31. The van der Waals surface area contributed by atoms with Crippen LogP contribution in [0.1, 0.15) is 26.5 Å². The highest BCUT2D eigenvalue weighted by Gasteiger charge is 2.22. The van der Waals surface area contributed by atoms with Gasteiger partial charge in [0.2, 0.25) is 5.76 Å². The molecule has 3 aromatic rings. The third-order valence-corrected chi connectivity index (χ3v) is 4.59. The lowest BCUT2D eigenvalue weighted by Gasteiger charge is -2.18. The standard InChI is InChI=1S/C20H14ClNO6/c1-10-13-7-12(21)3-5-16(13)28-19(10)20(25)27-8-15(23)11-2-4-17-14(6-11)22-18(24)9-26-17/h2-7H,8-9H2,1H3,(H,22,24). The van der Waals surface area contributed by atoms with Crippen LogP contribution in [-0.4, -0.2) is 30.9 Å². The maximum absolute atomic E-state index is 12.4. The van der Waals surface area contributed by atoms with Crippen molar-refractivity contribution in [1.82, 2.24) is 0 Å². The topological polar surface area (TPSA) is 94.8 Å². The highest BCUT2D eigenvalue weighted by Crippen LogP contribution is 2.30. The van der Waals surface area contributed by atoms with E-state index >= 15 is 0 Å². The number of amides is 1. The second kappa shape index (κ2) is 7.01. The Morgan fingerprint density at radius 3 is 2.86 bits per heavy atom. The molecule has 28 heavy (non-hydrogen) atoms. The fourth-order valence-electron chi connectivity index (χ4n) is 2.92. The van der Waals surface area contributed by atoms with Crippen LogP contribution in [0, 0.1) is 6.92 Å². The molecule has 4 rings (SSSR count). The Morgan fingerprint density at radius 2 is 2.04 bits per heavy atom. The molecule has 0 radical (unpaired) electrons. The number of hydrogen-bond acceptors (Lipinski definition) is 6. The van der Waals surface area contributed by atoms with Gasteiger partial charge >= 0.3 is 5.97 Å². The van der Waals surface area contributed by atoms with Crippen molar-refractivity contribution < 1.29 is 28.3 Å². The van der Waals surface area contributed by atoms with Gasteiger partial charge in [0.25, 0.3) is 5.91 Å². The molecule has 142 valence electrons. The summed E-state index contributed by atoms with van der Waals surface area (Å²) in [7, 11) is 0. The van der Waals surface area contributed by atoms with Gasteiger partial charge < -0.3 is 19.2 Å². The maximum Gasteiger partial charge on any atom is 0.375 e. The van der Waals surface area contributed by atoms with E-state index in [0.717, 1.165) is 0 Å². The van der Waals surface area contributed by atoms with E-state index in [9.17, 15) is 14.4 Å². The Morgan fingerprint density at radius 1 is 1.21 bits per heavy atom. The number of benzene rings is 2. The van der Waals surface area contributed by atoms with Gasteiger partial charge in [-0.05, 0) is 43.3 Å². The molecule has 0 bridgehead atoms. The molecule has 0 saturated carbocycles. The molecule has 8 heteroatoms. The number of rotatable bonds is 4. The van der Waals surface area contributed by atoms with Gasteiger partial charge in [0.15, 0.2) is 19.0 Å². The molecule has 0 unspecified atom stereocenters. The average molecular weight is 400 g/mol. The first-order valence-electron chi connectivity index (χ1n) is 8.38. The first-order valence-corrected chi connectivity index (χ1v) is 8.76. The van der Waals surface area contributed by atoms with Crippen molar-refractivity contribution in [1.29, 1.82) is 0 Å². The number of carbonyl (C=O) groups is 3. The molecule has 0 saturated heterocycles. The van der Waals surface area contributed by atoms with Crippen LogP contribution in [0.25, 0.3) is 11.0 Å². The molecule has 1 aliphatic heterocycles. The summed E-state index contributed by atoms with van der Waals surface area (Å²) < 4.78 is 15.9. The predicted molar refractivity (Wildman–Crippen MR) is 101 cm³/mol. The fraction of sp³-hybridized carbons (Fsp3) is 0.150. The number of aryl methyl sites for hydroxylation is 1. The Bertz CT molecular complexity index is 1130. The molecule has 7 nitrogen and oxygen atoms in total. The second-order valence-corrected chi connectivity index (χ2v) is 6.68. The van der Waals surface area contributed by atoms with Crippen molar-refractivity contribution in [3.8, 4) is 5.75 Å². The van der Waals surface area contributed by atoms with Crippen molar-refractivity contribution in [3.63, 3.8) is 0 Å². The Balaban J connectivity index is 1.48. The predicted octanol–water partition coefficient (Wildman–Crippen LogP) is 3.77. The van der Waals surface area contributed by atoms with Crippen LogP contribution in [0.15, 0.2) is 40.8 Å². The molecule has 1 aliphatic rings. The van der Waals surface area contributed by atoms with E-state index in [1.807, 2.05) is 0 Å². The summed E-state index contributed by atoms with van der Waals surface area (Å²) in [6.45, 7) is 1.18. The van der Waals surface area contributed by atoms with Gasteiger partial charge in [-0.25, -0.2) is 4.79 Å². The fourth-order valence-corrected chi connectivity index (χ4v) is 3.10. The Labute approximate surface area is 164 Å². The van der Waals surface area contributed by atoms with Crippen LogP contribution in [0.5, 0.6) is 5.75 Å². The Hall–Kier alpha value is -3.32. The molecule has 1 aromatic heterocycles. The van der Waals surface area contributed by atoms with Gasteiger partial charge in [-0.2, -0.15) is 0 Å². The molecule has 0 fully saturated rings. The number of ketones is 1. The van der Waals surface area contributed by atoms with Crippen molar-refractivity contribution >= 4 is 45.9 Å². The molecule has 2 aromatic carbocycles. The van der Waals surface area contributed by atoms with Gasteiger partial charge in [0.1, 0.15) is 11.3 Å². The lowest BCUT2D eigenvalue weighted by Crippen LogP contribution is -2.25. The minimum atomic E-state index is -0.743. The number of halogens is 1. The summed E-state index contributed by atoms with van der Waals surface area (Å²) in [6, 6.07) is 9.62. The summed E-state index contributed by atoms with van der Waals surface area (Å²) in [5.41, 5.74) is 1.78. The van der Waals surface area contributed by atoms with Crippen LogP contribution in [-0.2, 0) is 9.53 Å². The number of ether oxygens (including phenoxy) is 2. The number of esters is 1. The molecule has 1 N–H and O–H groups in total. The van der Waals surface area contributed by atoms with Crippen LogP contribution in [0.2, 0.25) is 5.02 Å². The summed E-state index contributed by atoms with van der Waals surface area (Å²) in [6.07, 6.45) is 0. The smallest absolute Gasteiger partial charge is 0.375 e. The molecule has 0 aliphatic carbocycles. The average Bonchev–Trinajstić information content (AvgIpc) is 3.01. The third-order valence-electron chi connectivity index (χ3n) is 4.35. The van der Waals surface area contributed by atoms with Crippen molar-refractivity contribution in [2.75, 3.05) is 18.5 Å². The van der Waals surface area contributed by atoms with Crippen molar-refractivity contribution in [2.24, 2.45) is 0 Å². The zero-order valence-corrected chi connectivity index (χ0v) is 15.5. The zero-order chi connectivity index (χ0) is 19.8. The van der Waals surface area contributed by atoms with E-state index in [4.69, 9.17) is 25.5 Å².